The van der Waals surface area contributed by atoms with Gasteiger partial charge in [-0.25, -0.2) is 0 Å². The SMILES string of the molecule is CN(C)[C@H](CNc1nnnn1-c1ccccc1)c1ccco1. The molecule has 114 valence electrons. The average Bonchev–Trinajstić information content (AvgIpc) is 3.19. The second kappa shape index (κ2) is 6.40. The molecule has 0 fully saturated rings. The third-order valence-corrected chi connectivity index (χ3v) is 3.42. The Hall–Kier alpha value is -2.67. The first-order valence-corrected chi connectivity index (χ1v) is 7.03. The molecule has 22 heavy (non-hydrogen) atoms. The zero-order valence-corrected chi connectivity index (χ0v) is 12.5. The standard InChI is InChI=1S/C15H18N6O/c1-20(2)13(14-9-6-10-22-14)11-16-15-17-18-19-21(15)12-7-4-3-5-8-12/h3-10,13H,11H2,1-2H3,(H,16,17,19)/t13-/m1/s1. The largest absolute Gasteiger partial charge is 0.468 e. The molecule has 0 unspecified atom stereocenters. The molecule has 2 heterocycles. The predicted octanol–water partition coefficient (Wildman–Crippen LogP) is 1.97. The Morgan fingerprint density at radius 2 is 2.00 bits per heavy atom. The summed E-state index contributed by atoms with van der Waals surface area (Å²) in [7, 11) is 4.02. The second-order valence-corrected chi connectivity index (χ2v) is 5.13. The quantitative estimate of drug-likeness (QED) is 0.750. The first-order valence-electron chi connectivity index (χ1n) is 7.03. The maximum absolute atomic E-state index is 5.50. The van der Waals surface area contributed by atoms with Crippen molar-refractivity contribution in [1.82, 2.24) is 25.1 Å². The maximum Gasteiger partial charge on any atom is 0.247 e. The summed E-state index contributed by atoms with van der Waals surface area (Å²) in [5, 5.41) is 15.1. The van der Waals surface area contributed by atoms with E-state index in [9.17, 15) is 0 Å². The van der Waals surface area contributed by atoms with Crippen molar-refractivity contribution in [3.63, 3.8) is 0 Å². The van der Waals surface area contributed by atoms with E-state index in [0.29, 0.717) is 12.5 Å². The molecule has 1 N–H and O–H groups in total. The van der Waals surface area contributed by atoms with E-state index in [-0.39, 0.29) is 6.04 Å². The van der Waals surface area contributed by atoms with Crippen LogP contribution in [0.15, 0.2) is 53.1 Å². The fourth-order valence-corrected chi connectivity index (χ4v) is 2.25. The van der Waals surface area contributed by atoms with Gasteiger partial charge in [-0.05, 0) is 48.8 Å². The molecule has 0 aliphatic carbocycles. The van der Waals surface area contributed by atoms with Crippen LogP contribution in [-0.2, 0) is 0 Å². The molecule has 1 atom stereocenters. The van der Waals surface area contributed by atoms with Gasteiger partial charge >= 0.3 is 0 Å². The number of nitrogens with zero attached hydrogens (tertiary/aromatic N) is 5. The highest BCUT2D eigenvalue weighted by Gasteiger charge is 2.18. The van der Waals surface area contributed by atoms with Crippen molar-refractivity contribution in [2.24, 2.45) is 0 Å². The molecule has 0 bridgehead atoms. The number of tetrazole rings is 1. The summed E-state index contributed by atoms with van der Waals surface area (Å²) in [5.74, 6) is 1.50. The topological polar surface area (TPSA) is 72.0 Å². The van der Waals surface area contributed by atoms with Crippen molar-refractivity contribution in [3.8, 4) is 5.69 Å². The van der Waals surface area contributed by atoms with Crippen LogP contribution in [0.25, 0.3) is 5.69 Å². The van der Waals surface area contributed by atoms with Crippen molar-refractivity contribution < 1.29 is 4.42 Å². The number of furan rings is 1. The van der Waals surface area contributed by atoms with Crippen molar-refractivity contribution in [2.45, 2.75) is 6.04 Å². The Labute approximate surface area is 128 Å². The van der Waals surface area contributed by atoms with E-state index in [1.807, 2.05) is 56.6 Å². The van der Waals surface area contributed by atoms with Gasteiger partial charge in [-0.1, -0.05) is 23.3 Å². The average molecular weight is 298 g/mol. The first kappa shape index (κ1) is 14.3. The molecule has 0 radical (unpaired) electrons. The molecule has 3 rings (SSSR count). The number of hydrogen-bond donors (Lipinski definition) is 1. The van der Waals surface area contributed by atoms with Crippen molar-refractivity contribution in [3.05, 3.63) is 54.5 Å². The van der Waals surface area contributed by atoms with E-state index >= 15 is 0 Å². The lowest BCUT2D eigenvalue weighted by atomic mass is 10.2. The van der Waals surface area contributed by atoms with Crippen molar-refractivity contribution in [1.29, 1.82) is 0 Å². The van der Waals surface area contributed by atoms with Crippen molar-refractivity contribution >= 4 is 5.95 Å². The summed E-state index contributed by atoms with van der Waals surface area (Å²) >= 11 is 0. The van der Waals surface area contributed by atoms with Crippen LogP contribution in [-0.4, -0.2) is 45.7 Å². The lowest BCUT2D eigenvalue weighted by Gasteiger charge is -2.22. The molecule has 0 saturated heterocycles. The van der Waals surface area contributed by atoms with Gasteiger partial charge in [0.15, 0.2) is 0 Å². The minimum atomic E-state index is 0.0934. The second-order valence-electron chi connectivity index (χ2n) is 5.13. The summed E-state index contributed by atoms with van der Waals surface area (Å²) in [6.07, 6.45) is 1.68. The van der Waals surface area contributed by atoms with Gasteiger partial charge in [0.25, 0.3) is 0 Å². The number of aromatic nitrogens is 4. The van der Waals surface area contributed by atoms with E-state index in [1.54, 1.807) is 10.9 Å². The van der Waals surface area contributed by atoms with E-state index in [4.69, 9.17) is 4.42 Å². The van der Waals surface area contributed by atoms with E-state index in [2.05, 4.69) is 25.7 Å². The van der Waals surface area contributed by atoms with Gasteiger partial charge in [-0.2, -0.15) is 4.68 Å². The number of nitrogens with one attached hydrogen (secondary N) is 1. The zero-order chi connectivity index (χ0) is 15.4. The predicted molar refractivity (Wildman–Crippen MR) is 82.8 cm³/mol. The molecular weight excluding hydrogens is 280 g/mol. The highest BCUT2D eigenvalue weighted by Crippen LogP contribution is 2.19. The first-order chi connectivity index (χ1) is 10.8. The van der Waals surface area contributed by atoms with Gasteiger partial charge in [0.05, 0.1) is 18.0 Å². The molecule has 0 aliphatic heterocycles. The Kier molecular flexibility index (Phi) is 4.15. The van der Waals surface area contributed by atoms with Crippen LogP contribution in [0.2, 0.25) is 0 Å². The molecule has 3 aromatic rings. The molecule has 1 aromatic carbocycles. The van der Waals surface area contributed by atoms with Gasteiger partial charge < -0.3 is 9.73 Å². The van der Waals surface area contributed by atoms with Gasteiger partial charge in [0, 0.05) is 6.54 Å². The van der Waals surface area contributed by atoms with Crippen molar-refractivity contribution in [2.75, 3.05) is 26.0 Å². The fraction of sp³-hybridized carbons (Fsp3) is 0.267. The van der Waals surface area contributed by atoms with E-state index in [1.165, 1.54) is 0 Å². The Morgan fingerprint density at radius 3 is 2.68 bits per heavy atom. The molecular formula is C15H18N6O. The van der Waals surface area contributed by atoms with Crippen LogP contribution >= 0.6 is 0 Å². The highest BCUT2D eigenvalue weighted by atomic mass is 16.3. The van der Waals surface area contributed by atoms with E-state index < -0.39 is 0 Å². The molecule has 7 heteroatoms. The minimum Gasteiger partial charge on any atom is -0.468 e. The molecule has 2 aromatic heterocycles. The zero-order valence-electron chi connectivity index (χ0n) is 12.5. The van der Waals surface area contributed by atoms with Crippen LogP contribution < -0.4 is 5.32 Å². The number of hydrogen-bond acceptors (Lipinski definition) is 6. The normalized spacial score (nSPS) is 12.5. The van der Waals surface area contributed by atoms with Gasteiger partial charge in [-0.3, -0.25) is 4.90 Å². The van der Waals surface area contributed by atoms with Crippen LogP contribution in [0.4, 0.5) is 5.95 Å². The van der Waals surface area contributed by atoms with Crippen LogP contribution in [0, 0.1) is 0 Å². The summed E-state index contributed by atoms with van der Waals surface area (Å²) < 4.78 is 7.18. The molecule has 0 saturated carbocycles. The van der Waals surface area contributed by atoms with Crippen LogP contribution in [0.1, 0.15) is 11.8 Å². The van der Waals surface area contributed by atoms with Crippen LogP contribution in [0.5, 0.6) is 0 Å². The third-order valence-electron chi connectivity index (χ3n) is 3.42. The summed E-state index contributed by atoms with van der Waals surface area (Å²) in [5.41, 5.74) is 0.911. The minimum absolute atomic E-state index is 0.0934. The number of likely N-dealkylation sites (N-methyl/N-ethyl adjacent to an activating group) is 1. The van der Waals surface area contributed by atoms with E-state index in [0.717, 1.165) is 11.4 Å². The summed E-state index contributed by atoms with van der Waals surface area (Å²) in [4.78, 5) is 2.09. The lowest BCUT2D eigenvalue weighted by molar-refractivity contribution is 0.269. The molecule has 0 aliphatic rings. The van der Waals surface area contributed by atoms with Gasteiger partial charge in [0.1, 0.15) is 5.76 Å². The number of benzene rings is 1. The third kappa shape index (κ3) is 2.99. The maximum atomic E-state index is 5.50. The van der Waals surface area contributed by atoms with Crippen LogP contribution in [0.3, 0.4) is 0 Å². The molecule has 7 nitrogen and oxygen atoms in total. The monoisotopic (exact) mass is 298 g/mol. The molecule has 0 amide bonds. The highest BCUT2D eigenvalue weighted by molar-refractivity contribution is 5.38. The Bertz CT molecular complexity index is 692. The number of anilines is 1. The summed E-state index contributed by atoms with van der Waals surface area (Å²) in [6.45, 7) is 0.633. The molecule has 0 spiro atoms. The van der Waals surface area contributed by atoms with Gasteiger partial charge in [0.2, 0.25) is 5.95 Å². The Morgan fingerprint density at radius 1 is 1.18 bits per heavy atom. The van der Waals surface area contributed by atoms with Gasteiger partial charge in [-0.15, -0.1) is 0 Å². The number of rotatable bonds is 6. The summed E-state index contributed by atoms with van der Waals surface area (Å²) in [6, 6.07) is 13.7. The number of para-hydroxylation sites is 1. The smallest absolute Gasteiger partial charge is 0.247 e. The Balaban J connectivity index is 1.76. The fourth-order valence-electron chi connectivity index (χ4n) is 2.25. The lowest BCUT2D eigenvalue weighted by Crippen LogP contribution is -2.27.